The number of ether oxygens (including phenoxy) is 2. The second-order valence-corrected chi connectivity index (χ2v) is 6.47. The van der Waals surface area contributed by atoms with Crippen molar-refractivity contribution in [3.63, 3.8) is 0 Å². The second-order valence-electron chi connectivity index (χ2n) is 6.47. The maximum Gasteiger partial charge on any atom is 0.338 e. The number of aromatic nitrogens is 4. The lowest BCUT2D eigenvalue weighted by atomic mass is 10.1. The van der Waals surface area contributed by atoms with Crippen LogP contribution >= 0.6 is 0 Å². The van der Waals surface area contributed by atoms with Gasteiger partial charge < -0.3 is 14.8 Å². The van der Waals surface area contributed by atoms with E-state index in [0.717, 1.165) is 5.56 Å². The Morgan fingerprint density at radius 1 is 0.935 bits per heavy atom. The van der Waals surface area contributed by atoms with E-state index in [1.165, 1.54) is 7.11 Å². The van der Waals surface area contributed by atoms with Crippen molar-refractivity contribution in [1.29, 1.82) is 0 Å². The Morgan fingerprint density at radius 3 is 2.45 bits per heavy atom. The van der Waals surface area contributed by atoms with Crippen LogP contribution in [0.3, 0.4) is 0 Å². The van der Waals surface area contributed by atoms with Crippen molar-refractivity contribution >= 4 is 17.5 Å². The van der Waals surface area contributed by atoms with Crippen LogP contribution in [0.4, 0.5) is 0 Å². The quantitative estimate of drug-likeness (QED) is 0.363. The highest BCUT2D eigenvalue weighted by molar-refractivity contribution is 6.05. The van der Waals surface area contributed by atoms with Crippen LogP contribution in [0.5, 0.6) is 5.88 Å². The van der Waals surface area contributed by atoms with Gasteiger partial charge in [0, 0.05) is 11.6 Å². The number of fused-ring (bicyclic) bond motifs is 1. The van der Waals surface area contributed by atoms with Crippen LogP contribution < -0.4 is 10.1 Å². The van der Waals surface area contributed by atoms with Gasteiger partial charge in [-0.2, -0.15) is 4.52 Å². The van der Waals surface area contributed by atoms with Gasteiger partial charge in [0.25, 0.3) is 5.91 Å². The van der Waals surface area contributed by atoms with Crippen molar-refractivity contribution in [1.82, 2.24) is 25.1 Å². The summed E-state index contributed by atoms with van der Waals surface area (Å²) in [5, 5.41) is 15.5. The molecule has 2 aromatic heterocycles. The van der Waals surface area contributed by atoms with E-state index in [0.29, 0.717) is 17.4 Å². The zero-order valence-corrected chi connectivity index (χ0v) is 16.7. The number of benzene rings is 2. The Labute approximate surface area is 177 Å². The van der Waals surface area contributed by atoms with Crippen molar-refractivity contribution in [2.24, 2.45) is 0 Å². The van der Waals surface area contributed by atoms with Crippen LogP contribution in [-0.2, 0) is 4.74 Å². The molecular formula is C22H19N5O4. The summed E-state index contributed by atoms with van der Waals surface area (Å²) in [4.78, 5) is 24.2. The predicted molar refractivity (Wildman–Crippen MR) is 112 cm³/mol. The molecule has 2 heterocycles. The van der Waals surface area contributed by atoms with E-state index in [9.17, 15) is 9.59 Å². The molecule has 0 fully saturated rings. The van der Waals surface area contributed by atoms with Crippen LogP contribution in [0.2, 0.25) is 0 Å². The molecule has 0 saturated carbocycles. The predicted octanol–water partition coefficient (Wildman–Crippen LogP) is 2.39. The molecule has 0 atom stereocenters. The first kappa shape index (κ1) is 20.0. The summed E-state index contributed by atoms with van der Waals surface area (Å²) in [6.45, 7) is 0.412. The first-order valence-electron chi connectivity index (χ1n) is 9.53. The van der Waals surface area contributed by atoms with Gasteiger partial charge in [0.1, 0.15) is 6.61 Å². The highest BCUT2D eigenvalue weighted by atomic mass is 16.5. The molecule has 0 unspecified atom stereocenters. The molecule has 4 aromatic rings. The van der Waals surface area contributed by atoms with Crippen molar-refractivity contribution < 1.29 is 19.1 Å². The highest BCUT2D eigenvalue weighted by Gasteiger charge is 2.16. The summed E-state index contributed by atoms with van der Waals surface area (Å²) in [6.07, 6.45) is 0. The van der Waals surface area contributed by atoms with Gasteiger partial charge in [-0.15, -0.1) is 15.3 Å². The average Bonchev–Trinajstić information content (AvgIpc) is 3.25. The third-order valence-corrected chi connectivity index (χ3v) is 4.48. The summed E-state index contributed by atoms with van der Waals surface area (Å²) in [6, 6.07) is 19.5. The molecule has 4 rings (SSSR count). The number of amides is 1. The number of rotatable bonds is 7. The van der Waals surface area contributed by atoms with E-state index in [1.54, 1.807) is 40.9 Å². The molecule has 2 aromatic carbocycles. The molecule has 9 nitrogen and oxygen atoms in total. The van der Waals surface area contributed by atoms with Crippen molar-refractivity contribution in [3.8, 4) is 17.3 Å². The maximum atomic E-state index is 12.4. The van der Waals surface area contributed by atoms with Crippen molar-refractivity contribution in [2.75, 3.05) is 20.3 Å². The Morgan fingerprint density at radius 2 is 1.68 bits per heavy atom. The third-order valence-electron chi connectivity index (χ3n) is 4.48. The van der Waals surface area contributed by atoms with Gasteiger partial charge in [-0.05, 0) is 18.2 Å². The number of nitrogens with zero attached hydrogens (tertiary/aromatic N) is 4. The monoisotopic (exact) mass is 417 g/mol. The molecule has 0 bridgehead atoms. The van der Waals surface area contributed by atoms with Crippen LogP contribution in [0.25, 0.3) is 17.0 Å². The fourth-order valence-electron chi connectivity index (χ4n) is 3.00. The molecule has 9 heteroatoms. The number of carbonyl (C=O) groups is 2. The fraction of sp³-hybridized carbons (Fsp3) is 0.136. The van der Waals surface area contributed by atoms with E-state index >= 15 is 0 Å². The lowest BCUT2D eigenvalue weighted by molar-refractivity contribution is 0.0596. The second kappa shape index (κ2) is 9.04. The smallest absolute Gasteiger partial charge is 0.338 e. The largest absolute Gasteiger partial charge is 0.475 e. The highest BCUT2D eigenvalue weighted by Crippen LogP contribution is 2.18. The van der Waals surface area contributed by atoms with Crippen molar-refractivity contribution in [3.05, 3.63) is 77.9 Å². The standard InChI is InChI=1S/C22H19N5O4/c1-30-22(29)17-10-6-5-9-16(17)21(28)23-13-14-31-19-12-11-18-24-25-20(27(18)26-19)15-7-3-2-4-8-15/h2-12H,13-14H2,1H3,(H,23,28). The molecule has 31 heavy (non-hydrogen) atoms. The average molecular weight is 417 g/mol. The number of hydrogen-bond donors (Lipinski definition) is 1. The van der Waals surface area contributed by atoms with Gasteiger partial charge >= 0.3 is 5.97 Å². The van der Waals surface area contributed by atoms with Crippen LogP contribution in [0.1, 0.15) is 20.7 Å². The SMILES string of the molecule is COC(=O)c1ccccc1C(=O)NCCOc1ccc2nnc(-c3ccccc3)n2n1. The summed E-state index contributed by atoms with van der Waals surface area (Å²) in [7, 11) is 1.27. The molecule has 0 spiro atoms. The van der Waals surface area contributed by atoms with E-state index in [4.69, 9.17) is 9.47 Å². The number of esters is 1. The first-order valence-corrected chi connectivity index (χ1v) is 9.53. The van der Waals surface area contributed by atoms with Gasteiger partial charge in [0.05, 0.1) is 24.8 Å². The van der Waals surface area contributed by atoms with E-state index in [2.05, 4.69) is 20.6 Å². The molecule has 0 aliphatic heterocycles. The number of methoxy groups -OCH3 is 1. The van der Waals surface area contributed by atoms with E-state index < -0.39 is 11.9 Å². The zero-order valence-electron chi connectivity index (χ0n) is 16.7. The van der Waals surface area contributed by atoms with Crippen molar-refractivity contribution in [2.45, 2.75) is 0 Å². The molecule has 0 saturated heterocycles. The molecular weight excluding hydrogens is 398 g/mol. The third kappa shape index (κ3) is 4.35. The Hall–Kier alpha value is -4.27. The summed E-state index contributed by atoms with van der Waals surface area (Å²) < 4.78 is 12.0. The molecule has 1 N–H and O–H groups in total. The summed E-state index contributed by atoms with van der Waals surface area (Å²) in [5.41, 5.74) is 1.93. The van der Waals surface area contributed by atoms with Gasteiger partial charge in [-0.25, -0.2) is 4.79 Å². The van der Waals surface area contributed by atoms with Crippen LogP contribution in [0, 0.1) is 0 Å². The normalized spacial score (nSPS) is 10.6. The minimum atomic E-state index is -0.567. The fourth-order valence-corrected chi connectivity index (χ4v) is 3.00. The van der Waals surface area contributed by atoms with Gasteiger partial charge in [0.15, 0.2) is 11.5 Å². The molecule has 0 aliphatic carbocycles. The van der Waals surface area contributed by atoms with E-state index in [-0.39, 0.29) is 24.3 Å². The molecule has 156 valence electrons. The lowest BCUT2D eigenvalue weighted by Gasteiger charge is -2.10. The van der Waals surface area contributed by atoms with E-state index in [1.807, 2.05) is 30.3 Å². The van der Waals surface area contributed by atoms with Crippen LogP contribution in [-0.4, -0.2) is 51.9 Å². The lowest BCUT2D eigenvalue weighted by Crippen LogP contribution is -2.29. The van der Waals surface area contributed by atoms with Gasteiger partial charge in [-0.3, -0.25) is 4.79 Å². The summed E-state index contributed by atoms with van der Waals surface area (Å²) >= 11 is 0. The zero-order chi connectivity index (χ0) is 21.6. The summed E-state index contributed by atoms with van der Waals surface area (Å²) in [5.74, 6) is 0.0170. The molecule has 1 amide bonds. The van der Waals surface area contributed by atoms with Crippen LogP contribution in [0.15, 0.2) is 66.7 Å². The number of hydrogen-bond acceptors (Lipinski definition) is 7. The maximum absolute atomic E-state index is 12.4. The topological polar surface area (TPSA) is 108 Å². The Bertz CT molecular complexity index is 1220. The van der Waals surface area contributed by atoms with Gasteiger partial charge in [-0.1, -0.05) is 42.5 Å². The van der Waals surface area contributed by atoms with Gasteiger partial charge in [0.2, 0.25) is 5.88 Å². The first-order chi connectivity index (χ1) is 15.2. The minimum absolute atomic E-state index is 0.188. The Balaban J connectivity index is 1.39. The number of carbonyl (C=O) groups excluding carboxylic acids is 2. The Kier molecular flexibility index (Phi) is 5.84. The molecule has 0 aliphatic rings. The number of nitrogens with one attached hydrogen (secondary N) is 1. The molecule has 0 radical (unpaired) electrons. The minimum Gasteiger partial charge on any atom is -0.475 e.